The summed E-state index contributed by atoms with van der Waals surface area (Å²) >= 11 is 0. The van der Waals surface area contributed by atoms with E-state index in [4.69, 9.17) is 0 Å². The van der Waals surface area contributed by atoms with E-state index < -0.39 is 0 Å². The second-order valence-corrected chi connectivity index (χ2v) is 6.46. The molecule has 3 heteroatoms. The van der Waals surface area contributed by atoms with Gasteiger partial charge in [-0.25, -0.2) is 0 Å². The maximum absolute atomic E-state index is 12.0. The predicted octanol–water partition coefficient (Wildman–Crippen LogP) is 2.17. The van der Waals surface area contributed by atoms with Gasteiger partial charge in [0, 0.05) is 13.1 Å². The first kappa shape index (κ1) is 13.9. The van der Waals surface area contributed by atoms with E-state index in [-0.39, 0.29) is 11.8 Å². The topological polar surface area (TPSA) is 41.1 Å². The lowest BCUT2D eigenvalue weighted by molar-refractivity contribution is -0.125. The Morgan fingerprint density at radius 3 is 2.78 bits per heavy atom. The molecule has 1 saturated heterocycles. The third-order valence-electron chi connectivity index (χ3n) is 4.75. The number of rotatable bonds is 4. The van der Waals surface area contributed by atoms with Crippen molar-refractivity contribution < 1.29 is 4.79 Å². The number of amides is 1. The second kappa shape index (κ2) is 6.55. The Labute approximate surface area is 111 Å². The van der Waals surface area contributed by atoms with Crippen molar-refractivity contribution in [2.45, 2.75) is 46.0 Å². The van der Waals surface area contributed by atoms with Crippen molar-refractivity contribution in [2.75, 3.05) is 19.6 Å². The zero-order chi connectivity index (χ0) is 13.0. The molecule has 0 aromatic rings. The van der Waals surface area contributed by atoms with E-state index in [1.54, 1.807) is 0 Å². The monoisotopic (exact) mass is 252 g/mol. The van der Waals surface area contributed by atoms with Crippen LogP contribution in [-0.4, -0.2) is 25.5 Å². The van der Waals surface area contributed by atoms with Crippen molar-refractivity contribution in [3.05, 3.63) is 0 Å². The lowest BCUT2D eigenvalue weighted by atomic mass is 9.81. The minimum atomic E-state index is 0.190. The van der Waals surface area contributed by atoms with Crippen molar-refractivity contribution in [2.24, 2.45) is 23.7 Å². The molecule has 0 aromatic carbocycles. The van der Waals surface area contributed by atoms with Crippen LogP contribution in [0, 0.1) is 23.7 Å². The number of carbonyl (C=O) groups excluding carboxylic acids is 1. The van der Waals surface area contributed by atoms with Gasteiger partial charge >= 0.3 is 0 Å². The molecule has 0 aromatic heterocycles. The number of hydrogen-bond acceptors (Lipinski definition) is 2. The number of nitrogens with one attached hydrogen (secondary N) is 2. The van der Waals surface area contributed by atoms with Crippen LogP contribution >= 0.6 is 0 Å². The van der Waals surface area contributed by atoms with Gasteiger partial charge in [-0.05, 0) is 37.1 Å². The summed E-state index contributed by atoms with van der Waals surface area (Å²) in [6.07, 6.45) is 6.67. The van der Waals surface area contributed by atoms with Gasteiger partial charge in [0.15, 0.2) is 0 Å². The van der Waals surface area contributed by atoms with Gasteiger partial charge in [-0.1, -0.05) is 33.1 Å². The van der Waals surface area contributed by atoms with Crippen LogP contribution in [-0.2, 0) is 4.79 Å². The average molecular weight is 252 g/mol. The molecular formula is C15H28N2O. The Balaban J connectivity index is 1.64. The second-order valence-electron chi connectivity index (χ2n) is 6.46. The normalized spacial score (nSPS) is 36.6. The highest BCUT2D eigenvalue weighted by atomic mass is 16.1. The number of carbonyl (C=O) groups is 1. The molecule has 1 saturated carbocycles. The highest BCUT2D eigenvalue weighted by molar-refractivity contribution is 5.79. The fourth-order valence-corrected chi connectivity index (χ4v) is 3.51. The molecule has 4 atom stereocenters. The van der Waals surface area contributed by atoms with Gasteiger partial charge < -0.3 is 10.6 Å². The fraction of sp³-hybridized carbons (Fsp3) is 0.933. The summed E-state index contributed by atoms with van der Waals surface area (Å²) in [6.45, 7) is 7.23. The molecule has 3 nitrogen and oxygen atoms in total. The molecule has 1 aliphatic carbocycles. The molecule has 0 bridgehead atoms. The van der Waals surface area contributed by atoms with Crippen LogP contribution in [0.3, 0.4) is 0 Å². The summed E-state index contributed by atoms with van der Waals surface area (Å²) in [5.41, 5.74) is 0. The fourth-order valence-electron chi connectivity index (χ4n) is 3.51. The average Bonchev–Trinajstić information content (AvgIpc) is 2.75. The van der Waals surface area contributed by atoms with E-state index in [9.17, 15) is 4.79 Å². The van der Waals surface area contributed by atoms with Crippen LogP contribution in [0.5, 0.6) is 0 Å². The molecule has 0 spiro atoms. The van der Waals surface area contributed by atoms with Crippen molar-refractivity contribution in [1.82, 2.24) is 10.6 Å². The van der Waals surface area contributed by atoms with Gasteiger partial charge in [0.25, 0.3) is 0 Å². The highest BCUT2D eigenvalue weighted by Gasteiger charge is 2.29. The SMILES string of the molecule is CC1CCCC(CCNC(=O)[C@@H]2CNC[C@H]2C)C1. The minimum absolute atomic E-state index is 0.190. The molecule has 104 valence electrons. The molecule has 2 aliphatic rings. The van der Waals surface area contributed by atoms with Gasteiger partial charge in [-0.15, -0.1) is 0 Å². The Morgan fingerprint density at radius 2 is 2.11 bits per heavy atom. The summed E-state index contributed by atoms with van der Waals surface area (Å²) in [5, 5.41) is 6.43. The first-order chi connectivity index (χ1) is 8.66. The van der Waals surface area contributed by atoms with E-state index in [1.165, 1.54) is 32.1 Å². The van der Waals surface area contributed by atoms with Crippen LogP contribution in [0.25, 0.3) is 0 Å². The summed E-state index contributed by atoms with van der Waals surface area (Å²) in [5.74, 6) is 2.66. The maximum atomic E-state index is 12.0. The van der Waals surface area contributed by atoms with E-state index in [1.807, 2.05) is 0 Å². The van der Waals surface area contributed by atoms with Crippen molar-refractivity contribution >= 4 is 5.91 Å². The van der Waals surface area contributed by atoms with Crippen LogP contribution in [0.1, 0.15) is 46.0 Å². The summed E-state index contributed by atoms with van der Waals surface area (Å²) in [7, 11) is 0. The molecule has 2 rings (SSSR count). The molecule has 2 unspecified atom stereocenters. The summed E-state index contributed by atoms with van der Waals surface area (Å²) < 4.78 is 0. The van der Waals surface area contributed by atoms with E-state index in [0.29, 0.717) is 5.92 Å². The zero-order valence-electron chi connectivity index (χ0n) is 11.9. The first-order valence-corrected chi connectivity index (χ1v) is 7.65. The first-order valence-electron chi connectivity index (χ1n) is 7.65. The van der Waals surface area contributed by atoms with Gasteiger partial charge in [0.05, 0.1) is 5.92 Å². The standard InChI is InChI=1S/C15H28N2O/c1-11-4-3-5-13(8-11)6-7-17-15(18)14-10-16-9-12(14)2/h11-14,16H,3-10H2,1-2H3,(H,17,18)/t11?,12-,13?,14-/m1/s1. The Hall–Kier alpha value is -0.570. The van der Waals surface area contributed by atoms with E-state index >= 15 is 0 Å². The molecule has 1 amide bonds. The maximum Gasteiger partial charge on any atom is 0.224 e. The molecule has 18 heavy (non-hydrogen) atoms. The van der Waals surface area contributed by atoms with E-state index in [0.717, 1.165) is 31.5 Å². The number of hydrogen-bond donors (Lipinski definition) is 2. The Kier molecular flexibility index (Phi) is 5.04. The van der Waals surface area contributed by atoms with Gasteiger partial charge in [0.1, 0.15) is 0 Å². The van der Waals surface area contributed by atoms with Crippen LogP contribution in [0.15, 0.2) is 0 Å². The molecule has 0 radical (unpaired) electrons. The highest BCUT2D eigenvalue weighted by Crippen LogP contribution is 2.30. The summed E-state index contributed by atoms with van der Waals surface area (Å²) in [4.78, 5) is 12.0. The molecule has 1 aliphatic heterocycles. The van der Waals surface area contributed by atoms with Crippen molar-refractivity contribution in [3.63, 3.8) is 0 Å². The molecular weight excluding hydrogens is 224 g/mol. The van der Waals surface area contributed by atoms with Crippen molar-refractivity contribution in [3.8, 4) is 0 Å². The molecule has 1 heterocycles. The predicted molar refractivity (Wildman–Crippen MR) is 74.3 cm³/mol. The lowest BCUT2D eigenvalue weighted by Gasteiger charge is -2.26. The minimum Gasteiger partial charge on any atom is -0.356 e. The quantitative estimate of drug-likeness (QED) is 0.805. The molecule has 2 N–H and O–H groups in total. The van der Waals surface area contributed by atoms with Crippen LogP contribution < -0.4 is 10.6 Å². The third-order valence-corrected chi connectivity index (χ3v) is 4.75. The smallest absolute Gasteiger partial charge is 0.224 e. The summed E-state index contributed by atoms with van der Waals surface area (Å²) in [6, 6.07) is 0. The van der Waals surface area contributed by atoms with Crippen LogP contribution in [0.4, 0.5) is 0 Å². The van der Waals surface area contributed by atoms with Gasteiger partial charge in [-0.3, -0.25) is 4.79 Å². The van der Waals surface area contributed by atoms with Gasteiger partial charge in [-0.2, -0.15) is 0 Å². The van der Waals surface area contributed by atoms with E-state index in [2.05, 4.69) is 24.5 Å². The van der Waals surface area contributed by atoms with Gasteiger partial charge in [0.2, 0.25) is 5.91 Å². The molecule has 2 fully saturated rings. The Morgan fingerprint density at radius 1 is 1.28 bits per heavy atom. The third kappa shape index (κ3) is 3.71. The van der Waals surface area contributed by atoms with Crippen LogP contribution in [0.2, 0.25) is 0 Å². The largest absolute Gasteiger partial charge is 0.356 e. The van der Waals surface area contributed by atoms with Crippen molar-refractivity contribution in [1.29, 1.82) is 0 Å². The lowest BCUT2D eigenvalue weighted by Crippen LogP contribution is -2.35. The zero-order valence-corrected chi connectivity index (χ0v) is 11.9. The Bertz CT molecular complexity index is 280.